The Balaban J connectivity index is 2.78. The zero-order chi connectivity index (χ0) is 15.3. The summed E-state index contributed by atoms with van der Waals surface area (Å²) < 4.78 is 42.7. The largest absolute Gasteiger partial charge is 0.467 e. The number of carbonyl (C=O) groups excluding carboxylic acids is 1. The van der Waals surface area contributed by atoms with E-state index in [2.05, 4.69) is 0 Å². The third kappa shape index (κ3) is 5.64. The fourth-order valence-electron chi connectivity index (χ4n) is 1.86. The first-order valence-corrected chi connectivity index (χ1v) is 6.32. The van der Waals surface area contributed by atoms with Crippen LogP contribution in [-0.2, 0) is 11.3 Å². The quantitative estimate of drug-likeness (QED) is 0.876. The number of nitrogens with two attached hydrogens (primary N) is 1. The highest BCUT2D eigenvalue weighted by molar-refractivity contribution is 5.81. The lowest BCUT2D eigenvalue weighted by Gasteiger charge is -2.26. The van der Waals surface area contributed by atoms with Gasteiger partial charge >= 0.3 is 6.18 Å². The Bertz CT molecular complexity index is 416. The molecule has 0 aromatic carbocycles. The first kappa shape index (κ1) is 16.6. The molecule has 1 aromatic heterocycles. The number of amides is 1. The first-order chi connectivity index (χ1) is 9.19. The third-order valence-electron chi connectivity index (χ3n) is 2.65. The van der Waals surface area contributed by atoms with E-state index in [0.717, 1.165) is 0 Å². The topological polar surface area (TPSA) is 59.5 Å². The second kappa shape index (κ2) is 6.78. The van der Waals surface area contributed by atoms with Crippen LogP contribution in [0.4, 0.5) is 13.2 Å². The van der Waals surface area contributed by atoms with Crippen LogP contribution in [0.2, 0.25) is 0 Å². The van der Waals surface area contributed by atoms with Crippen molar-refractivity contribution < 1.29 is 22.4 Å². The number of nitrogens with zero attached hydrogens (tertiary/aromatic N) is 1. The molecule has 0 spiro atoms. The van der Waals surface area contributed by atoms with Gasteiger partial charge in [0.05, 0.1) is 18.8 Å². The van der Waals surface area contributed by atoms with E-state index < -0.39 is 24.7 Å². The van der Waals surface area contributed by atoms with Crippen LogP contribution in [0.5, 0.6) is 0 Å². The Kier molecular flexibility index (Phi) is 5.62. The average Bonchev–Trinajstić information content (AvgIpc) is 2.77. The maximum absolute atomic E-state index is 12.6. The molecule has 2 N–H and O–H groups in total. The van der Waals surface area contributed by atoms with Crippen LogP contribution in [0.15, 0.2) is 22.8 Å². The van der Waals surface area contributed by atoms with Crippen molar-refractivity contribution in [3.8, 4) is 0 Å². The molecule has 114 valence electrons. The molecule has 20 heavy (non-hydrogen) atoms. The van der Waals surface area contributed by atoms with E-state index in [1.54, 1.807) is 6.07 Å². The van der Waals surface area contributed by atoms with Crippen molar-refractivity contribution in [2.45, 2.75) is 39.0 Å². The number of rotatable bonds is 6. The predicted molar refractivity (Wildman–Crippen MR) is 67.6 cm³/mol. The van der Waals surface area contributed by atoms with Gasteiger partial charge in [0.25, 0.3) is 0 Å². The van der Waals surface area contributed by atoms with E-state index in [0.29, 0.717) is 17.1 Å². The lowest BCUT2D eigenvalue weighted by atomic mass is 10.0. The molecule has 1 heterocycles. The minimum Gasteiger partial charge on any atom is -0.467 e. The van der Waals surface area contributed by atoms with Gasteiger partial charge in [-0.15, -0.1) is 0 Å². The molecule has 0 saturated carbocycles. The summed E-state index contributed by atoms with van der Waals surface area (Å²) in [5.74, 6) is -0.294. The Morgan fingerprint density at radius 3 is 2.55 bits per heavy atom. The van der Waals surface area contributed by atoms with Crippen molar-refractivity contribution >= 4 is 5.91 Å². The molecule has 1 unspecified atom stereocenters. The van der Waals surface area contributed by atoms with Crippen LogP contribution in [0, 0.1) is 5.92 Å². The summed E-state index contributed by atoms with van der Waals surface area (Å²) in [5, 5.41) is 0. The van der Waals surface area contributed by atoms with Crippen molar-refractivity contribution in [1.29, 1.82) is 0 Å². The summed E-state index contributed by atoms with van der Waals surface area (Å²) in [6, 6.07) is 2.14. The number of hydrogen-bond donors (Lipinski definition) is 1. The highest BCUT2D eigenvalue weighted by Gasteiger charge is 2.35. The van der Waals surface area contributed by atoms with Crippen LogP contribution in [0.1, 0.15) is 26.0 Å². The molecule has 0 fully saturated rings. The van der Waals surface area contributed by atoms with Gasteiger partial charge in [-0.3, -0.25) is 4.79 Å². The van der Waals surface area contributed by atoms with Crippen LogP contribution in [0.3, 0.4) is 0 Å². The summed E-state index contributed by atoms with van der Waals surface area (Å²) in [6.45, 7) is 2.14. The van der Waals surface area contributed by atoms with E-state index >= 15 is 0 Å². The van der Waals surface area contributed by atoms with Gasteiger partial charge in [0.1, 0.15) is 12.3 Å². The van der Waals surface area contributed by atoms with Gasteiger partial charge < -0.3 is 15.1 Å². The van der Waals surface area contributed by atoms with Crippen molar-refractivity contribution in [2.24, 2.45) is 11.7 Å². The predicted octanol–water partition coefficient (Wildman–Crippen LogP) is 2.54. The molecule has 1 atom stereocenters. The summed E-state index contributed by atoms with van der Waals surface area (Å²) in [4.78, 5) is 12.7. The molecule has 0 aliphatic heterocycles. The molecule has 7 heteroatoms. The van der Waals surface area contributed by atoms with Crippen molar-refractivity contribution in [1.82, 2.24) is 4.90 Å². The van der Waals surface area contributed by atoms with Crippen LogP contribution in [0.25, 0.3) is 0 Å². The number of hydrogen-bond acceptors (Lipinski definition) is 3. The van der Waals surface area contributed by atoms with Gasteiger partial charge in [-0.05, 0) is 24.5 Å². The standard InChI is InChI=1S/C13H19F3N2O2/c1-9(2)6-11(17)12(19)18(8-13(14,15)16)7-10-4-3-5-20-10/h3-5,9,11H,6-8,17H2,1-2H3. The first-order valence-electron chi connectivity index (χ1n) is 6.32. The van der Waals surface area contributed by atoms with E-state index in [1.807, 2.05) is 13.8 Å². The minimum atomic E-state index is -4.47. The van der Waals surface area contributed by atoms with Gasteiger partial charge in [-0.1, -0.05) is 13.8 Å². The molecule has 0 aliphatic rings. The van der Waals surface area contributed by atoms with E-state index in [9.17, 15) is 18.0 Å². The van der Waals surface area contributed by atoms with Gasteiger partial charge in [0.2, 0.25) is 5.91 Å². The van der Waals surface area contributed by atoms with Crippen LogP contribution < -0.4 is 5.73 Å². The van der Waals surface area contributed by atoms with Crippen molar-refractivity contribution in [2.75, 3.05) is 6.54 Å². The van der Waals surface area contributed by atoms with Gasteiger partial charge in [-0.2, -0.15) is 13.2 Å². The van der Waals surface area contributed by atoms with E-state index in [-0.39, 0.29) is 12.5 Å². The Labute approximate surface area is 115 Å². The zero-order valence-electron chi connectivity index (χ0n) is 11.5. The molecule has 1 rings (SSSR count). The van der Waals surface area contributed by atoms with Gasteiger partial charge in [0.15, 0.2) is 0 Å². The monoisotopic (exact) mass is 292 g/mol. The van der Waals surface area contributed by atoms with Crippen LogP contribution >= 0.6 is 0 Å². The van der Waals surface area contributed by atoms with E-state index in [1.165, 1.54) is 12.3 Å². The Hall–Kier alpha value is -1.50. The molecule has 1 amide bonds. The lowest BCUT2D eigenvalue weighted by molar-refractivity contribution is -0.163. The molecule has 1 aromatic rings. The second-order valence-corrected chi connectivity index (χ2v) is 5.12. The normalized spacial score (nSPS) is 13.6. The van der Waals surface area contributed by atoms with E-state index in [4.69, 9.17) is 10.2 Å². The smallest absolute Gasteiger partial charge is 0.406 e. The molecular weight excluding hydrogens is 273 g/mol. The summed E-state index contributed by atoms with van der Waals surface area (Å²) >= 11 is 0. The fraction of sp³-hybridized carbons (Fsp3) is 0.615. The van der Waals surface area contributed by atoms with Crippen molar-refractivity contribution in [3.05, 3.63) is 24.2 Å². The number of alkyl halides is 3. The molecule has 4 nitrogen and oxygen atoms in total. The summed E-state index contributed by atoms with van der Waals surface area (Å²) in [6.07, 6.45) is -2.79. The Morgan fingerprint density at radius 2 is 2.10 bits per heavy atom. The fourth-order valence-corrected chi connectivity index (χ4v) is 1.86. The molecule has 0 aliphatic carbocycles. The third-order valence-corrected chi connectivity index (χ3v) is 2.65. The number of furan rings is 1. The molecular formula is C13H19F3N2O2. The number of carbonyl (C=O) groups is 1. The summed E-state index contributed by atoms with van der Waals surface area (Å²) in [5.41, 5.74) is 5.68. The van der Waals surface area contributed by atoms with Crippen molar-refractivity contribution in [3.63, 3.8) is 0 Å². The lowest BCUT2D eigenvalue weighted by Crippen LogP contribution is -2.47. The van der Waals surface area contributed by atoms with Gasteiger partial charge in [-0.25, -0.2) is 0 Å². The van der Waals surface area contributed by atoms with Gasteiger partial charge in [0, 0.05) is 0 Å². The maximum Gasteiger partial charge on any atom is 0.406 e. The minimum absolute atomic E-state index is 0.130. The SMILES string of the molecule is CC(C)CC(N)C(=O)N(Cc1ccco1)CC(F)(F)F. The zero-order valence-corrected chi connectivity index (χ0v) is 11.5. The Morgan fingerprint density at radius 1 is 1.45 bits per heavy atom. The second-order valence-electron chi connectivity index (χ2n) is 5.12. The van der Waals surface area contributed by atoms with Crippen LogP contribution in [-0.4, -0.2) is 29.6 Å². The maximum atomic E-state index is 12.6. The molecule has 0 saturated heterocycles. The molecule has 0 radical (unpaired) electrons. The highest BCUT2D eigenvalue weighted by Crippen LogP contribution is 2.19. The summed E-state index contributed by atoms with van der Waals surface area (Å²) in [7, 11) is 0. The molecule has 0 bridgehead atoms. The highest BCUT2D eigenvalue weighted by atomic mass is 19.4. The average molecular weight is 292 g/mol. The number of halogens is 3.